The number of nitrogens with zero attached hydrogens (tertiary/aromatic N) is 1. The van der Waals surface area contributed by atoms with E-state index in [0.717, 1.165) is 10.6 Å². The van der Waals surface area contributed by atoms with E-state index in [1.54, 1.807) is 0 Å². The second-order valence-electron chi connectivity index (χ2n) is 3.14. The van der Waals surface area contributed by atoms with Gasteiger partial charge in [-0.25, -0.2) is 13.6 Å². The minimum absolute atomic E-state index is 0.0162. The van der Waals surface area contributed by atoms with Crippen molar-refractivity contribution in [3.63, 3.8) is 0 Å². The summed E-state index contributed by atoms with van der Waals surface area (Å²) in [6.45, 7) is 0.175. The van der Waals surface area contributed by atoms with Crippen molar-refractivity contribution in [3.05, 3.63) is 0 Å². The van der Waals surface area contributed by atoms with Gasteiger partial charge in [0, 0.05) is 19.3 Å². The van der Waals surface area contributed by atoms with Crippen LogP contribution >= 0.6 is 0 Å². The van der Waals surface area contributed by atoms with Gasteiger partial charge in [-0.05, 0) is 6.42 Å². The first-order valence-electron chi connectivity index (χ1n) is 3.68. The minimum Gasteiger partial charge on any atom is -0.229 e. The Hall–Kier alpha value is -0.180. The smallest absolute Gasteiger partial charge is 0.229 e. The molecule has 0 bridgehead atoms. The van der Waals surface area contributed by atoms with Gasteiger partial charge >= 0.3 is 0 Å². The molecule has 78 valence electrons. The Morgan fingerprint density at radius 1 is 1.31 bits per heavy atom. The molecule has 1 rings (SSSR count). The largest absolute Gasteiger partial charge is 0.276 e. The molecular weight excluding hydrogens is 216 g/mol. The van der Waals surface area contributed by atoms with Crippen molar-refractivity contribution in [1.29, 1.82) is 0 Å². The van der Waals surface area contributed by atoms with Gasteiger partial charge in [0.15, 0.2) is 9.84 Å². The fourth-order valence-corrected chi connectivity index (χ4v) is 3.10. The molecule has 0 aromatic heterocycles. The van der Waals surface area contributed by atoms with Crippen LogP contribution in [0.3, 0.4) is 0 Å². The van der Waals surface area contributed by atoms with E-state index < -0.39 is 25.3 Å². The molecule has 2 N–H and O–H groups in total. The van der Waals surface area contributed by atoms with Crippen LogP contribution < -0.4 is 5.14 Å². The van der Waals surface area contributed by atoms with Crippen molar-refractivity contribution in [3.8, 4) is 0 Å². The van der Waals surface area contributed by atoms with E-state index in [1.807, 2.05) is 0 Å². The predicted octanol–water partition coefficient (Wildman–Crippen LogP) is -1.69. The van der Waals surface area contributed by atoms with E-state index in [4.69, 9.17) is 5.14 Å². The van der Waals surface area contributed by atoms with Gasteiger partial charge in [0.2, 0.25) is 0 Å². The highest BCUT2D eigenvalue weighted by Gasteiger charge is 2.34. The molecule has 1 aliphatic heterocycles. The first-order chi connectivity index (χ1) is 5.71. The van der Waals surface area contributed by atoms with Crippen molar-refractivity contribution < 1.29 is 16.8 Å². The quantitative estimate of drug-likeness (QED) is 0.609. The average molecular weight is 228 g/mol. The summed E-state index contributed by atoms with van der Waals surface area (Å²) in [5.41, 5.74) is 0. The van der Waals surface area contributed by atoms with Crippen LogP contribution in [-0.4, -0.2) is 45.7 Å². The fourth-order valence-electron chi connectivity index (χ4n) is 1.28. The third-order valence-corrected chi connectivity index (χ3v) is 4.72. The maximum absolute atomic E-state index is 11.0. The van der Waals surface area contributed by atoms with Crippen LogP contribution in [0.4, 0.5) is 0 Å². The Kier molecular flexibility index (Phi) is 2.68. The molecule has 0 aliphatic carbocycles. The zero-order valence-electron chi connectivity index (χ0n) is 7.17. The van der Waals surface area contributed by atoms with E-state index in [-0.39, 0.29) is 13.1 Å². The number of hydrogen-bond acceptors (Lipinski definition) is 4. The molecule has 1 unspecified atom stereocenters. The maximum atomic E-state index is 11.0. The molecule has 0 radical (unpaired) electrons. The van der Waals surface area contributed by atoms with Crippen molar-refractivity contribution in [1.82, 2.24) is 4.31 Å². The third-order valence-electron chi connectivity index (χ3n) is 2.07. The van der Waals surface area contributed by atoms with Gasteiger partial charge in [-0.1, -0.05) is 0 Å². The molecule has 0 aromatic carbocycles. The van der Waals surface area contributed by atoms with E-state index in [9.17, 15) is 16.8 Å². The molecule has 1 aliphatic rings. The lowest BCUT2D eigenvalue weighted by atomic mass is 10.4. The van der Waals surface area contributed by atoms with Crippen LogP contribution in [0, 0.1) is 0 Å². The van der Waals surface area contributed by atoms with Crippen LogP contribution in [-0.2, 0) is 20.0 Å². The van der Waals surface area contributed by atoms with Gasteiger partial charge in [0.25, 0.3) is 10.2 Å². The zero-order chi connectivity index (χ0) is 10.3. The maximum Gasteiger partial charge on any atom is 0.276 e. The van der Waals surface area contributed by atoms with Crippen molar-refractivity contribution >= 4 is 20.0 Å². The minimum atomic E-state index is -3.73. The SMILES string of the molecule is CS(=O)(=O)C1CCN(S(N)(=O)=O)C1. The van der Waals surface area contributed by atoms with E-state index in [0.29, 0.717) is 6.42 Å². The summed E-state index contributed by atoms with van der Waals surface area (Å²) < 4.78 is 44.7. The van der Waals surface area contributed by atoms with Crippen LogP contribution in [0.5, 0.6) is 0 Å². The molecule has 1 heterocycles. The van der Waals surface area contributed by atoms with Crippen LogP contribution in [0.2, 0.25) is 0 Å². The van der Waals surface area contributed by atoms with Gasteiger partial charge < -0.3 is 0 Å². The summed E-state index contributed by atoms with van der Waals surface area (Å²) in [4.78, 5) is 0. The number of sulfone groups is 1. The van der Waals surface area contributed by atoms with Gasteiger partial charge in [-0.2, -0.15) is 12.7 Å². The summed E-state index contributed by atoms with van der Waals surface area (Å²) in [6.07, 6.45) is 1.43. The summed E-state index contributed by atoms with van der Waals surface area (Å²) in [6, 6.07) is 0. The molecule has 1 saturated heterocycles. The molecule has 0 spiro atoms. The average Bonchev–Trinajstić information content (AvgIpc) is 2.28. The fraction of sp³-hybridized carbons (Fsp3) is 1.00. The lowest BCUT2D eigenvalue weighted by molar-refractivity contribution is 0.478. The summed E-state index contributed by atoms with van der Waals surface area (Å²) in [5, 5.41) is 4.24. The van der Waals surface area contributed by atoms with Crippen LogP contribution in [0.25, 0.3) is 0 Å². The molecule has 0 amide bonds. The first kappa shape index (κ1) is 10.9. The molecular formula is C5H12N2O4S2. The summed E-state index contributed by atoms with van der Waals surface area (Å²) in [7, 11) is -6.88. The Morgan fingerprint density at radius 2 is 1.85 bits per heavy atom. The van der Waals surface area contributed by atoms with Crippen molar-refractivity contribution in [2.75, 3.05) is 19.3 Å². The van der Waals surface area contributed by atoms with Gasteiger partial charge in [-0.15, -0.1) is 0 Å². The molecule has 1 atom stereocenters. The normalized spacial score (nSPS) is 26.5. The van der Waals surface area contributed by atoms with Gasteiger partial charge in [0.05, 0.1) is 5.25 Å². The highest BCUT2D eigenvalue weighted by atomic mass is 32.2. The molecule has 0 saturated carbocycles. The topological polar surface area (TPSA) is 97.5 Å². The van der Waals surface area contributed by atoms with Crippen molar-refractivity contribution in [2.45, 2.75) is 11.7 Å². The Morgan fingerprint density at radius 3 is 2.08 bits per heavy atom. The van der Waals surface area contributed by atoms with E-state index in [1.165, 1.54) is 0 Å². The van der Waals surface area contributed by atoms with E-state index in [2.05, 4.69) is 0 Å². The first-order valence-corrected chi connectivity index (χ1v) is 7.14. The monoisotopic (exact) mass is 228 g/mol. The van der Waals surface area contributed by atoms with Crippen LogP contribution in [0.15, 0.2) is 0 Å². The highest BCUT2D eigenvalue weighted by Crippen LogP contribution is 2.17. The Labute approximate surface area is 77.8 Å². The standard InChI is InChI=1S/C5H12N2O4S2/c1-12(8,9)5-2-3-7(4-5)13(6,10)11/h5H,2-4H2,1H3,(H2,6,10,11). The second kappa shape index (κ2) is 3.19. The lowest BCUT2D eigenvalue weighted by Gasteiger charge is -2.11. The molecule has 1 fully saturated rings. The number of rotatable bonds is 2. The molecule has 8 heteroatoms. The van der Waals surface area contributed by atoms with Crippen molar-refractivity contribution in [2.24, 2.45) is 5.14 Å². The molecule has 0 aromatic rings. The van der Waals surface area contributed by atoms with Crippen LogP contribution in [0.1, 0.15) is 6.42 Å². The number of hydrogen-bond donors (Lipinski definition) is 1. The summed E-state index contributed by atoms with van der Waals surface area (Å²) in [5.74, 6) is 0. The predicted molar refractivity (Wildman–Crippen MR) is 47.9 cm³/mol. The van der Waals surface area contributed by atoms with E-state index >= 15 is 0 Å². The number of nitrogens with two attached hydrogens (primary N) is 1. The highest BCUT2D eigenvalue weighted by molar-refractivity contribution is 7.91. The second-order valence-corrected chi connectivity index (χ2v) is 7.02. The van der Waals surface area contributed by atoms with Gasteiger partial charge in [0.1, 0.15) is 0 Å². The zero-order valence-corrected chi connectivity index (χ0v) is 8.81. The Bertz CT molecular complexity index is 347. The summed E-state index contributed by atoms with van der Waals surface area (Å²) >= 11 is 0. The Balaban J connectivity index is 2.77. The van der Waals surface area contributed by atoms with Gasteiger partial charge in [-0.3, -0.25) is 0 Å². The third kappa shape index (κ3) is 2.63. The lowest BCUT2D eigenvalue weighted by Crippen LogP contribution is -2.36. The molecule has 6 nitrogen and oxygen atoms in total. The molecule has 13 heavy (non-hydrogen) atoms.